The van der Waals surface area contributed by atoms with Crippen LogP contribution in [0.25, 0.3) is 5.69 Å². The highest BCUT2D eigenvalue weighted by Gasteiger charge is 2.23. The van der Waals surface area contributed by atoms with E-state index in [1.54, 1.807) is 38.1 Å². The minimum Gasteiger partial charge on any atom is -0.463 e. The third-order valence-corrected chi connectivity index (χ3v) is 4.69. The third kappa shape index (κ3) is 4.48. The second-order valence-electron chi connectivity index (χ2n) is 5.02. The molecule has 128 valence electrons. The van der Waals surface area contributed by atoms with Crippen LogP contribution in [-0.4, -0.2) is 47.0 Å². The van der Waals surface area contributed by atoms with Crippen LogP contribution in [-0.2, 0) is 19.4 Å². The number of nitrogens with zero attached hydrogens (tertiary/aromatic N) is 4. The lowest BCUT2D eigenvalue weighted by molar-refractivity contribution is -0.137. The zero-order valence-electron chi connectivity index (χ0n) is 13.4. The first-order valence-corrected chi connectivity index (χ1v) is 8.99. The minimum absolute atomic E-state index is 0.183. The fourth-order valence-corrected chi connectivity index (χ4v) is 3.29. The molecule has 0 bridgehead atoms. The Labute approximate surface area is 140 Å². The molecule has 0 spiro atoms. The van der Waals surface area contributed by atoms with Crippen molar-refractivity contribution in [1.29, 1.82) is 0 Å². The molecule has 0 unspecified atom stereocenters. The summed E-state index contributed by atoms with van der Waals surface area (Å²) >= 11 is 0. The summed E-state index contributed by atoms with van der Waals surface area (Å²) in [6.45, 7) is 3.65. The molecule has 0 radical (unpaired) electrons. The van der Waals surface area contributed by atoms with Crippen molar-refractivity contribution in [2.45, 2.75) is 25.4 Å². The Morgan fingerprint density at radius 2 is 2.00 bits per heavy atom. The first-order valence-electron chi connectivity index (χ1n) is 7.34. The Kier molecular flexibility index (Phi) is 5.80. The normalized spacial score (nSPS) is 12.2. The van der Waals surface area contributed by atoms with Crippen molar-refractivity contribution in [1.82, 2.24) is 20.2 Å². The summed E-state index contributed by atoms with van der Waals surface area (Å²) in [5.74, 6) is -0.691. The number of hydrogen-bond donors (Lipinski definition) is 0. The molecule has 1 aromatic carbocycles. The van der Waals surface area contributed by atoms with Gasteiger partial charge < -0.3 is 4.74 Å². The van der Waals surface area contributed by atoms with Gasteiger partial charge in [0.05, 0.1) is 18.0 Å². The first kappa shape index (κ1) is 17.8. The number of ether oxygens (including phenoxy) is 1. The molecule has 0 aliphatic carbocycles. The molecule has 1 heterocycles. The van der Waals surface area contributed by atoms with Gasteiger partial charge >= 0.3 is 5.97 Å². The molecule has 0 fully saturated rings. The Hall–Kier alpha value is -2.55. The number of esters is 1. The highest BCUT2D eigenvalue weighted by atomic mass is 32.2. The predicted octanol–water partition coefficient (Wildman–Crippen LogP) is 1.34. The summed E-state index contributed by atoms with van der Waals surface area (Å²) in [5, 5.41) is 10.6. The number of para-hydroxylation sites is 1. The fraction of sp³-hybridized carbons (Fsp3) is 0.333. The van der Waals surface area contributed by atoms with Crippen molar-refractivity contribution in [3.8, 4) is 5.69 Å². The molecule has 2 rings (SSSR count). The van der Waals surface area contributed by atoms with Gasteiger partial charge in [0, 0.05) is 6.08 Å². The molecule has 0 aliphatic rings. The third-order valence-electron chi connectivity index (χ3n) is 3.14. The van der Waals surface area contributed by atoms with Gasteiger partial charge in [0.2, 0.25) is 9.84 Å². The van der Waals surface area contributed by atoms with Crippen LogP contribution in [0.5, 0.6) is 0 Å². The molecule has 0 saturated heterocycles. The van der Waals surface area contributed by atoms with Crippen molar-refractivity contribution >= 4 is 15.8 Å². The molecule has 0 atom stereocenters. The minimum atomic E-state index is -3.70. The average molecular weight is 350 g/mol. The van der Waals surface area contributed by atoms with Crippen LogP contribution < -0.4 is 0 Å². The molecule has 8 nitrogen and oxygen atoms in total. The van der Waals surface area contributed by atoms with Crippen LogP contribution in [0.1, 0.15) is 20.3 Å². The van der Waals surface area contributed by atoms with Crippen molar-refractivity contribution in [2.75, 3.05) is 12.4 Å². The van der Waals surface area contributed by atoms with Gasteiger partial charge in [0.1, 0.15) is 0 Å². The Morgan fingerprint density at radius 1 is 1.29 bits per heavy atom. The van der Waals surface area contributed by atoms with Crippen LogP contribution in [0, 0.1) is 0 Å². The maximum atomic E-state index is 12.5. The Balaban J connectivity index is 2.15. The second kappa shape index (κ2) is 7.82. The largest absolute Gasteiger partial charge is 0.463 e. The van der Waals surface area contributed by atoms with E-state index >= 15 is 0 Å². The standard InChI is InChI=1S/C15H18N4O4S/c1-3-23-14(20)11-12(2)9-10-24(21,22)15-16-17-18-19(15)13-7-5-4-6-8-13/h4-8,11H,3,9-10H2,1-2H3. The van der Waals surface area contributed by atoms with Crippen LogP contribution in [0.4, 0.5) is 0 Å². The summed E-state index contributed by atoms with van der Waals surface area (Å²) in [6.07, 6.45) is 1.47. The highest BCUT2D eigenvalue weighted by molar-refractivity contribution is 7.91. The topological polar surface area (TPSA) is 104 Å². The van der Waals surface area contributed by atoms with Gasteiger partial charge in [0.25, 0.3) is 5.16 Å². The van der Waals surface area contributed by atoms with Crippen molar-refractivity contribution < 1.29 is 17.9 Å². The first-order chi connectivity index (χ1) is 11.4. The number of sulfone groups is 1. The van der Waals surface area contributed by atoms with E-state index in [9.17, 15) is 13.2 Å². The lowest BCUT2D eigenvalue weighted by atomic mass is 10.2. The van der Waals surface area contributed by atoms with Crippen LogP contribution >= 0.6 is 0 Å². The van der Waals surface area contributed by atoms with Gasteiger partial charge in [-0.15, -0.1) is 0 Å². The van der Waals surface area contributed by atoms with Gasteiger partial charge in [-0.25, -0.2) is 13.2 Å². The molecule has 0 amide bonds. The monoisotopic (exact) mass is 350 g/mol. The molecule has 0 N–H and O–H groups in total. The molecule has 0 saturated carbocycles. The van der Waals surface area contributed by atoms with Crippen molar-refractivity contribution in [2.24, 2.45) is 0 Å². The van der Waals surface area contributed by atoms with E-state index in [1.165, 1.54) is 10.8 Å². The number of allylic oxidation sites excluding steroid dienone is 1. The van der Waals surface area contributed by atoms with E-state index in [0.717, 1.165) is 0 Å². The number of rotatable bonds is 7. The average Bonchev–Trinajstić information content (AvgIpc) is 3.05. The quantitative estimate of drug-likeness (QED) is 0.548. The van der Waals surface area contributed by atoms with E-state index in [1.807, 2.05) is 6.07 Å². The summed E-state index contributed by atoms with van der Waals surface area (Å²) in [6, 6.07) is 8.76. The van der Waals surface area contributed by atoms with Gasteiger partial charge in [-0.2, -0.15) is 4.68 Å². The summed E-state index contributed by atoms with van der Waals surface area (Å²) in [4.78, 5) is 11.4. The second-order valence-corrected chi connectivity index (χ2v) is 7.02. The summed E-state index contributed by atoms with van der Waals surface area (Å²) in [5.41, 5.74) is 1.16. The molecular formula is C15H18N4O4S. The predicted molar refractivity (Wildman–Crippen MR) is 86.2 cm³/mol. The van der Waals surface area contributed by atoms with Gasteiger partial charge in [0.15, 0.2) is 0 Å². The number of hydrogen-bond acceptors (Lipinski definition) is 7. The Morgan fingerprint density at radius 3 is 2.67 bits per heavy atom. The number of aromatic nitrogens is 4. The fourth-order valence-electron chi connectivity index (χ4n) is 1.95. The smallest absolute Gasteiger partial charge is 0.330 e. The van der Waals surface area contributed by atoms with E-state index in [4.69, 9.17) is 4.74 Å². The van der Waals surface area contributed by atoms with E-state index in [-0.39, 0.29) is 23.9 Å². The van der Waals surface area contributed by atoms with Crippen molar-refractivity contribution in [3.63, 3.8) is 0 Å². The number of tetrazole rings is 1. The summed E-state index contributed by atoms with van der Waals surface area (Å²) < 4.78 is 31.0. The van der Waals surface area contributed by atoms with E-state index in [2.05, 4.69) is 15.5 Å². The van der Waals surface area contributed by atoms with Crippen molar-refractivity contribution in [3.05, 3.63) is 42.0 Å². The lowest BCUT2D eigenvalue weighted by Gasteiger charge is -2.06. The number of benzene rings is 1. The van der Waals surface area contributed by atoms with Gasteiger partial charge in [-0.1, -0.05) is 28.9 Å². The molecule has 2 aromatic rings. The zero-order valence-corrected chi connectivity index (χ0v) is 14.2. The number of carbonyl (C=O) groups excluding carboxylic acids is 1. The summed E-state index contributed by atoms with van der Waals surface area (Å²) in [7, 11) is -3.70. The zero-order chi connectivity index (χ0) is 17.6. The molecule has 0 aliphatic heterocycles. The molecular weight excluding hydrogens is 332 g/mol. The van der Waals surface area contributed by atoms with Crippen LogP contribution in [0.2, 0.25) is 0 Å². The van der Waals surface area contributed by atoms with Gasteiger partial charge in [-0.05, 0) is 42.8 Å². The van der Waals surface area contributed by atoms with Gasteiger partial charge in [-0.3, -0.25) is 0 Å². The molecule has 24 heavy (non-hydrogen) atoms. The van der Waals surface area contributed by atoms with E-state index in [0.29, 0.717) is 11.3 Å². The molecule has 9 heteroatoms. The molecule has 1 aromatic heterocycles. The van der Waals surface area contributed by atoms with Crippen LogP contribution in [0.3, 0.4) is 0 Å². The highest BCUT2D eigenvalue weighted by Crippen LogP contribution is 2.15. The van der Waals surface area contributed by atoms with E-state index < -0.39 is 15.8 Å². The SMILES string of the molecule is CCOC(=O)C=C(C)CCS(=O)(=O)c1nnnn1-c1ccccc1. The lowest BCUT2D eigenvalue weighted by Crippen LogP contribution is -2.14. The maximum absolute atomic E-state index is 12.5. The Bertz CT molecular complexity index is 828. The number of carbonyl (C=O) groups is 1. The maximum Gasteiger partial charge on any atom is 0.330 e. The van der Waals surface area contributed by atoms with Crippen LogP contribution in [0.15, 0.2) is 47.1 Å².